The van der Waals surface area contributed by atoms with Gasteiger partial charge in [-0.05, 0) is 0 Å². The summed E-state index contributed by atoms with van der Waals surface area (Å²) in [6.45, 7) is -1.74. The van der Waals surface area contributed by atoms with E-state index in [4.69, 9.17) is 5.11 Å². The molecule has 1 heterocycles. The lowest BCUT2D eigenvalue weighted by Gasteiger charge is -2.16. The van der Waals surface area contributed by atoms with E-state index in [0.717, 1.165) is 0 Å². The van der Waals surface area contributed by atoms with E-state index >= 15 is 0 Å². The zero-order chi connectivity index (χ0) is 13.3. The zero-order valence-corrected chi connectivity index (χ0v) is 8.52. The predicted molar refractivity (Wildman–Crippen MR) is 46.4 cm³/mol. The molecule has 0 bridgehead atoms. The van der Waals surface area contributed by atoms with Crippen molar-refractivity contribution in [1.82, 2.24) is 10.6 Å². The Labute approximate surface area is 93.2 Å². The lowest BCUT2D eigenvalue weighted by molar-refractivity contribution is -0.201. The molecule has 0 radical (unpaired) electrons. The molecule has 1 aliphatic rings. The number of alkyl halides is 5. The SMILES string of the molecule is O=C(NCC(O)C(F)(F)F)C1CC(F)(F)CN1. The number of nitrogens with one attached hydrogen (secondary N) is 2. The van der Waals surface area contributed by atoms with Crippen molar-refractivity contribution in [2.75, 3.05) is 13.1 Å². The maximum atomic E-state index is 12.7. The van der Waals surface area contributed by atoms with Crippen molar-refractivity contribution in [3.63, 3.8) is 0 Å². The van der Waals surface area contributed by atoms with Crippen LogP contribution in [-0.2, 0) is 4.79 Å². The Balaban J connectivity index is 2.36. The number of hydrogen-bond donors (Lipinski definition) is 3. The van der Waals surface area contributed by atoms with E-state index in [1.165, 1.54) is 0 Å². The van der Waals surface area contributed by atoms with Gasteiger partial charge in [-0.3, -0.25) is 10.1 Å². The van der Waals surface area contributed by atoms with Crippen LogP contribution in [-0.4, -0.2) is 48.3 Å². The van der Waals surface area contributed by atoms with Crippen LogP contribution in [0, 0.1) is 0 Å². The molecule has 17 heavy (non-hydrogen) atoms. The molecule has 2 atom stereocenters. The van der Waals surface area contributed by atoms with Crippen LogP contribution in [0.25, 0.3) is 0 Å². The fourth-order valence-electron chi connectivity index (χ4n) is 1.34. The van der Waals surface area contributed by atoms with Crippen molar-refractivity contribution in [3.05, 3.63) is 0 Å². The van der Waals surface area contributed by atoms with Gasteiger partial charge in [0, 0.05) is 6.42 Å². The Hall–Kier alpha value is -0.960. The van der Waals surface area contributed by atoms with Gasteiger partial charge < -0.3 is 10.4 Å². The van der Waals surface area contributed by atoms with E-state index in [9.17, 15) is 26.7 Å². The van der Waals surface area contributed by atoms with Crippen molar-refractivity contribution in [1.29, 1.82) is 0 Å². The second kappa shape index (κ2) is 4.73. The average Bonchev–Trinajstić information content (AvgIpc) is 2.53. The summed E-state index contributed by atoms with van der Waals surface area (Å²) in [7, 11) is 0. The second-order valence-electron chi connectivity index (χ2n) is 3.80. The van der Waals surface area contributed by atoms with E-state index in [1.54, 1.807) is 5.32 Å². The summed E-state index contributed by atoms with van der Waals surface area (Å²) < 4.78 is 60.9. The van der Waals surface area contributed by atoms with Gasteiger partial charge >= 0.3 is 6.18 Å². The van der Waals surface area contributed by atoms with Crippen LogP contribution >= 0.6 is 0 Å². The number of rotatable bonds is 3. The third-order valence-electron chi connectivity index (χ3n) is 2.27. The molecular weight excluding hydrogens is 251 g/mol. The summed E-state index contributed by atoms with van der Waals surface area (Å²) in [6.07, 6.45) is -8.31. The van der Waals surface area contributed by atoms with Crippen LogP contribution in [0.4, 0.5) is 22.0 Å². The van der Waals surface area contributed by atoms with Gasteiger partial charge in [-0.15, -0.1) is 0 Å². The van der Waals surface area contributed by atoms with E-state index < -0.39 is 49.7 Å². The topological polar surface area (TPSA) is 61.4 Å². The molecule has 9 heteroatoms. The van der Waals surface area contributed by atoms with Gasteiger partial charge in [0.15, 0.2) is 6.10 Å². The highest BCUT2D eigenvalue weighted by Crippen LogP contribution is 2.25. The first-order chi connectivity index (χ1) is 7.62. The molecule has 0 aromatic rings. The summed E-state index contributed by atoms with van der Waals surface area (Å²) in [5.41, 5.74) is 0. The number of aliphatic hydroxyl groups excluding tert-OH is 1. The summed E-state index contributed by atoms with van der Waals surface area (Å²) in [5, 5.41) is 12.5. The van der Waals surface area contributed by atoms with E-state index in [2.05, 4.69) is 5.32 Å². The van der Waals surface area contributed by atoms with Crippen LogP contribution in [0.2, 0.25) is 0 Å². The van der Waals surface area contributed by atoms with Crippen LogP contribution in [0.5, 0.6) is 0 Å². The maximum Gasteiger partial charge on any atom is 0.416 e. The molecule has 1 fully saturated rings. The second-order valence-corrected chi connectivity index (χ2v) is 3.80. The highest BCUT2D eigenvalue weighted by Gasteiger charge is 2.43. The van der Waals surface area contributed by atoms with Crippen LogP contribution < -0.4 is 10.6 Å². The summed E-state index contributed by atoms with van der Waals surface area (Å²) in [4.78, 5) is 11.2. The highest BCUT2D eigenvalue weighted by atomic mass is 19.4. The van der Waals surface area contributed by atoms with Crippen LogP contribution in [0.15, 0.2) is 0 Å². The quantitative estimate of drug-likeness (QED) is 0.628. The lowest BCUT2D eigenvalue weighted by Crippen LogP contribution is -2.46. The highest BCUT2D eigenvalue weighted by molar-refractivity contribution is 5.82. The summed E-state index contributed by atoms with van der Waals surface area (Å²) in [6, 6.07) is -1.23. The fraction of sp³-hybridized carbons (Fsp3) is 0.875. The van der Waals surface area contributed by atoms with Crippen molar-refractivity contribution in [2.45, 2.75) is 30.7 Å². The number of halogens is 5. The van der Waals surface area contributed by atoms with E-state index in [-0.39, 0.29) is 0 Å². The minimum atomic E-state index is -4.85. The lowest BCUT2D eigenvalue weighted by atomic mass is 10.2. The van der Waals surface area contributed by atoms with Crippen LogP contribution in [0.3, 0.4) is 0 Å². The number of carbonyl (C=O) groups is 1. The molecule has 1 saturated heterocycles. The summed E-state index contributed by atoms with van der Waals surface area (Å²) in [5.74, 6) is -4.02. The molecule has 0 aromatic carbocycles. The predicted octanol–water partition coefficient (Wildman–Crippen LogP) is 0.0230. The molecule has 0 saturated carbocycles. The first-order valence-electron chi connectivity index (χ1n) is 4.75. The van der Waals surface area contributed by atoms with Gasteiger partial charge in [0.1, 0.15) is 0 Å². The van der Waals surface area contributed by atoms with Crippen molar-refractivity contribution >= 4 is 5.91 Å². The minimum Gasteiger partial charge on any atom is -0.382 e. The number of aliphatic hydroxyl groups is 1. The van der Waals surface area contributed by atoms with Crippen molar-refractivity contribution < 1.29 is 31.9 Å². The molecule has 0 aromatic heterocycles. The van der Waals surface area contributed by atoms with Gasteiger partial charge in [-0.2, -0.15) is 13.2 Å². The number of carbonyl (C=O) groups excluding carboxylic acids is 1. The fourth-order valence-corrected chi connectivity index (χ4v) is 1.34. The standard InChI is InChI=1S/C8H11F5N2O2/c9-7(10)1-4(15-3-7)6(17)14-2-5(16)8(11,12)13/h4-5,15-16H,1-3H2,(H,14,17). The molecule has 1 aliphatic heterocycles. The summed E-state index contributed by atoms with van der Waals surface area (Å²) >= 11 is 0. The van der Waals surface area contributed by atoms with Gasteiger partial charge in [0.25, 0.3) is 5.92 Å². The molecule has 2 unspecified atom stereocenters. The molecule has 3 N–H and O–H groups in total. The molecular formula is C8H11F5N2O2. The molecule has 0 spiro atoms. The average molecular weight is 262 g/mol. The van der Waals surface area contributed by atoms with Gasteiger partial charge in [0.05, 0.1) is 19.1 Å². The normalized spacial score (nSPS) is 25.6. The van der Waals surface area contributed by atoms with Crippen molar-refractivity contribution in [2.24, 2.45) is 0 Å². The van der Waals surface area contributed by atoms with Gasteiger partial charge in [0.2, 0.25) is 5.91 Å². The Bertz CT molecular complexity index is 294. The molecule has 4 nitrogen and oxygen atoms in total. The third kappa shape index (κ3) is 4.08. The Morgan fingerprint density at radius 2 is 2.12 bits per heavy atom. The zero-order valence-electron chi connectivity index (χ0n) is 8.52. The Morgan fingerprint density at radius 1 is 1.53 bits per heavy atom. The first-order valence-corrected chi connectivity index (χ1v) is 4.75. The smallest absolute Gasteiger partial charge is 0.382 e. The molecule has 0 aliphatic carbocycles. The third-order valence-corrected chi connectivity index (χ3v) is 2.27. The molecule has 1 rings (SSSR count). The Kier molecular flexibility index (Phi) is 3.92. The van der Waals surface area contributed by atoms with E-state index in [0.29, 0.717) is 0 Å². The molecule has 1 amide bonds. The van der Waals surface area contributed by atoms with Crippen LogP contribution in [0.1, 0.15) is 6.42 Å². The number of hydrogen-bond acceptors (Lipinski definition) is 3. The monoisotopic (exact) mass is 262 g/mol. The largest absolute Gasteiger partial charge is 0.416 e. The first kappa shape index (κ1) is 14.1. The van der Waals surface area contributed by atoms with Gasteiger partial charge in [-0.25, -0.2) is 8.78 Å². The number of amides is 1. The minimum absolute atomic E-state index is 0.688. The maximum absolute atomic E-state index is 12.7. The van der Waals surface area contributed by atoms with Crippen molar-refractivity contribution in [3.8, 4) is 0 Å². The molecule has 100 valence electrons. The Morgan fingerprint density at radius 3 is 2.53 bits per heavy atom. The van der Waals surface area contributed by atoms with Gasteiger partial charge in [-0.1, -0.05) is 0 Å². The van der Waals surface area contributed by atoms with E-state index in [1.807, 2.05) is 0 Å².